The van der Waals surface area contributed by atoms with E-state index in [1.807, 2.05) is 24.3 Å². The van der Waals surface area contributed by atoms with Crippen LogP contribution in [0.15, 0.2) is 36.9 Å². The molecule has 166 valence electrons. The van der Waals surface area contributed by atoms with E-state index >= 15 is 0 Å². The Morgan fingerprint density at radius 2 is 1.71 bits per heavy atom. The van der Waals surface area contributed by atoms with E-state index in [-0.39, 0.29) is 11.9 Å². The van der Waals surface area contributed by atoms with Crippen LogP contribution in [0.25, 0.3) is 0 Å². The Kier molecular flexibility index (Phi) is 7.01. The Hall–Kier alpha value is -3.10. The second kappa shape index (κ2) is 10.3. The summed E-state index contributed by atoms with van der Waals surface area (Å²) in [4.78, 5) is 28.7. The van der Waals surface area contributed by atoms with Crippen molar-refractivity contribution in [3.8, 4) is 5.75 Å². The minimum absolute atomic E-state index is 0.0309. The third kappa shape index (κ3) is 5.74. The normalized spacial score (nSPS) is 17.4. The van der Waals surface area contributed by atoms with E-state index in [1.54, 1.807) is 9.80 Å². The molecule has 9 heteroatoms. The number of ether oxygens (including phenoxy) is 1. The first kappa shape index (κ1) is 21.1. The highest BCUT2D eigenvalue weighted by atomic mass is 16.5. The first-order valence-electron chi connectivity index (χ1n) is 11.1. The molecule has 1 saturated heterocycles. The summed E-state index contributed by atoms with van der Waals surface area (Å²) in [6.45, 7) is 2.61. The molecule has 31 heavy (non-hydrogen) atoms. The van der Waals surface area contributed by atoms with Gasteiger partial charge in [-0.25, -0.2) is 14.9 Å². The number of hydrogen-bond donors (Lipinski definition) is 1. The number of hydrogen-bond acceptors (Lipinski definition) is 5. The Balaban J connectivity index is 1.24. The smallest absolute Gasteiger partial charge is 0.336 e. The number of carbonyl (C=O) groups is 2. The summed E-state index contributed by atoms with van der Waals surface area (Å²) in [6, 6.07) is 7.19. The fourth-order valence-electron chi connectivity index (χ4n) is 4.27. The monoisotopic (exact) mass is 426 g/mol. The van der Waals surface area contributed by atoms with Gasteiger partial charge in [0.2, 0.25) is 0 Å². The van der Waals surface area contributed by atoms with Crippen molar-refractivity contribution >= 4 is 11.9 Å². The minimum Gasteiger partial charge on any atom is -0.494 e. The van der Waals surface area contributed by atoms with E-state index in [1.165, 1.54) is 49.4 Å². The van der Waals surface area contributed by atoms with Gasteiger partial charge in [-0.3, -0.25) is 4.79 Å². The molecule has 1 aliphatic heterocycles. The molecule has 1 saturated carbocycles. The van der Waals surface area contributed by atoms with Crippen molar-refractivity contribution in [1.82, 2.24) is 24.7 Å². The minimum atomic E-state index is -0.236. The van der Waals surface area contributed by atoms with Gasteiger partial charge in [0.25, 0.3) is 5.91 Å². The molecule has 1 aromatic carbocycles. The average Bonchev–Trinajstić information content (AvgIpc) is 3.33. The topological polar surface area (TPSA) is 92.6 Å². The number of carbonyl (C=O) groups excluding carboxylic acids is 2. The van der Waals surface area contributed by atoms with Gasteiger partial charge in [-0.05, 0) is 30.5 Å². The molecule has 0 atom stereocenters. The lowest BCUT2D eigenvalue weighted by Crippen LogP contribution is -2.52. The molecule has 9 nitrogen and oxygen atoms in total. The van der Waals surface area contributed by atoms with E-state index in [0.717, 1.165) is 18.1 Å². The predicted octanol–water partition coefficient (Wildman–Crippen LogP) is 2.75. The second-order valence-electron chi connectivity index (χ2n) is 8.23. The lowest BCUT2D eigenvalue weighted by atomic mass is 9.87. The van der Waals surface area contributed by atoms with Crippen LogP contribution >= 0.6 is 0 Å². The maximum Gasteiger partial charge on any atom is 0.336 e. The van der Waals surface area contributed by atoms with Crippen LogP contribution in [0.4, 0.5) is 4.79 Å². The Labute approximate surface area is 182 Å². The van der Waals surface area contributed by atoms with Crippen LogP contribution in [0.3, 0.4) is 0 Å². The summed E-state index contributed by atoms with van der Waals surface area (Å²) < 4.78 is 7.34. The number of nitrogens with zero attached hydrogens (tertiary/aromatic N) is 5. The van der Waals surface area contributed by atoms with Crippen molar-refractivity contribution in [2.75, 3.05) is 38.2 Å². The van der Waals surface area contributed by atoms with Crippen molar-refractivity contribution in [3.63, 3.8) is 0 Å². The van der Waals surface area contributed by atoms with Gasteiger partial charge in [-0.2, -0.15) is 0 Å². The van der Waals surface area contributed by atoms with Gasteiger partial charge in [0.15, 0.2) is 0 Å². The molecule has 1 aliphatic carbocycles. The van der Waals surface area contributed by atoms with E-state index in [0.29, 0.717) is 38.3 Å². The largest absolute Gasteiger partial charge is 0.494 e. The average molecular weight is 427 g/mol. The van der Waals surface area contributed by atoms with Crippen molar-refractivity contribution in [2.45, 2.75) is 38.5 Å². The van der Waals surface area contributed by atoms with Crippen LogP contribution in [0.5, 0.6) is 5.75 Å². The zero-order valence-corrected chi connectivity index (χ0v) is 17.8. The van der Waals surface area contributed by atoms with Gasteiger partial charge >= 0.3 is 6.03 Å². The van der Waals surface area contributed by atoms with Gasteiger partial charge in [0, 0.05) is 31.7 Å². The third-order valence-electron chi connectivity index (χ3n) is 6.10. The molecule has 0 unspecified atom stereocenters. The van der Waals surface area contributed by atoms with Crippen LogP contribution in [-0.4, -0.2) is 69.4 Å². The standard InChI is InChI=1S/C22H30N6O3/c29-21(26-10-12-27(13-11-26)22(30)25-28-16-23-24-17-28)19-7-4-8-20(15-19)31-14-9-18-5-2-1-3-6-18/h4,7-8,15-18H,1-3,5-6,9-14H2,(H,25,30). The summed E-state index contributed by atoms with van der Waals surface area (Å²) >= 11 is 0. The molecular formula is C22H30N6O3. The highest BCUT2D eigenvalue weighted by molar-refractivity contribution is 5.94. The fraction of sp³-hybridized carbons (Fsp3) is 0.545. The number of piperazine rings is 1. The number of amides is 3. The van der Waals surface area contributed by atoms with Crippen LogP contribution in [0.1, 0.15) is 48.9 Å². The maximum atomic E-state index is 12.9. The zero-order chi connectivity index (χ0) is 21.5. The lowest BCUT2D eigenvalue weighted by molar-refractivity contribution is 0.0670. The summed E-state index contributed by atoms with van der Waals surface area (Å²) in [6.07, 6.45) is 10.6. The molecule has 2 aromatic rings. The summed E-state index contributed by atoms with van der Waals surface area (Å²) in [5, 5.41) is 7.31. The van der Waals surface area contributed by atoms with E-state index in [2.05, 4.69) is 15.6 Å². The Bertz CT molecular complexity index is 858. The predicted molar refractivity (Wildman–Crippen MR) is 115 cm³/mol. The number of benzene rings is 1. The molecule has 1 N–H and O–H groups in total. The van der Waals surface area contributed by atoms with Gasteiger partial charge in [0.1, 0.15) is 18.4 Å². The van der Waals surface area contributed by atoms with Crippen molar-refractivity contribution in [2.24, 2.45) is 5.92 Å². The molecule has 0 bridgehead atoms. The summed E-state index contributed by atoms with van der Waals surface area (Å²) in [7, 11) is 0. The van der Waals surface area contributed by atoms with Gasteiger partial charge < -0.3 is 14.5 Å². The van der Waals surface area contributed by atoms with Gasteiger partial charge in [0.05, 0.1) is 6.61 Å². The molecule has 0 radical (unpaired) electrons. The number of aromatic nitrogens is 3. The van der Waals surface area contributed by atoms with E-state index in [4.69, 9.17) is 4.74 Å². The Morgan fingerprint density at radius 1 is 1.00 bits per heavy atom. The van der Waals surface area contributed by atoms with Gasteiger partial charge in [-0.1, -0.05) is 38.2 Å². The highest BCUT2D eigenvalue weighted by Gasteiger charge is 2.25. The first-order valence-corrected chi connectivity index (χ1v) is 11.1. The number of urea groups is 1. The van der Waals surface area contributed by atoms with Gasteiger partial charge in [-0.15, -0.1) is 10.2 Å². The van der Waals surface area contributed by atoms with Crippen LogP contribution in [-0.2, 0) is 0 Å². The second-order valence-corrected chi connectivity index (χ2v) is 8.23. The lowest BCUT2D eigenvalue weighted by Gasteiger charge is -2.34. The fourth-order valence-corrected chi connectivity index (χ4v) is 4.27. The van der Waals surface area contributed by atoms with Crippen LogP contribution in [0, 0.1) is 5.92 Å². The summed E-state index contributed by atoms with van der Waals surface area (Å²) in [5.41, 5.74) is 3.30. The zero-order valence-electron chi connectivity index (χ0n) is 17.8. The number of rotatable bonds is 6. The molecule has 3 amide bonds. The third-order valence-corrected chi connectivity index (χ3v) is 6.10. The van der Waals surface area contributed by atoms with Crippen LogP contribution < -0.4 is 10.2 Å². The molecular weight excluding hydrogens is 396 g/mol. The molecule has 2 aliphatic rings. The molecule has 2 fully saturated rings. The molecule has 0 spiro atoms. The molecule has 1 aromatic heterocycles. The summed E-state index contributed by atoms with van der Waals surface area (Å²) in [5.74, 6) is 1.49. The van der Waals surface area contributed by atoms with Crippen LogP contribution in [0.2, 0.25) is 0 Å². The SMILES string of the molecule is O=C(Nn1cnnc1)N1CCN(C(=O)c2cccc(OCCC3CCCCC3)c2)CC1. The molecule has 4 rings (SSSR count). The van der Waals surface area contributed by atoms with Crippen molar-refractivity contribution in [1.29, 1.82) is 0 Å². The molecule has 2 heterocycles. The quantitative estimate of drug-likeness (QED) is 0.767. The van der Waals surface area contributed by atoms with E-state index < -0.39 is 0 Å². The van der Waals surface area contributed by atoms with Crippen molar-refractivity contribution in [3.05, 3.63) is 42.5 Å². The van der Waals surface area contributed by atoms with E-state index in [9.17, 15) is 9.59 Å². The highest BCUT2D eigenvalue weighted by Crippen LogP contribution is 2.26. The number of nitrogens with one attached hydrogen (secondary N) is 1. The first-order chi connectivity index (χ1) is 15.2. The Morgan fingerprint density at radius 3 is 2.45 bits per heavy atom. The van der Waals surface area contributed by atoms with Crippen molar-refractivity contribution < 1.29 is 14.3 Å². The maximum absolute atomic E-state index is 12.9.